The van der Waals surface area contributed by atoms with Gasteiger partial charge in [-0.05, 0) is 48.9 Å². The van der Waals surface area contributed by atoms with Crippen LogP contribution >= 0.6 is 0 Å². The first-order chi connectivity index (χ1) is 12.4. The molecule has 0 fully saturated rings. The van der Waals surface area contributed by atoms with Crippen molar-refractivity contribution in [1.82, 2.24) is 0 Å². The van der Waals surface area contributed by atoms with Crippen molar-refractivity contribution in [1.29, 1.82) is 0 Å². The fourth-order valence-electron chi connectivity index (χ4n) is 2.13. The van der Waals surface area contributed by atoms with Gasteiger partial charge >= 0.3 is 11.9 Å². The van der Waals surface area contributed by atoms with Gasteiger partial charge in [-0.2, -0.15) is 10.2 Å². The number of azo groups is 1. The summed E-state index contributed by atoms with van der Waals surface area (Å²) in [5.41, 5.74) is 0.891. The second-order valence-electron chi connectivity index (χ2n) is 5.42. The van der Waals surface area contributed by atoms with E-state index in [4.69, 9.17) is 10.2 Å². The number of aromatic hydroxyl groups is 1. The predicted molar refractivity (Wildman–Crippen MR) is 91.5 cm³/mol. The summed E-state index contributed by atoms with van der Waals surface area (Å²) in [7, 11) is 0. The van der Waals surface area contributed by atoms with E-state index >= 15 is 0 Å². The van der Waals surface area contributed by atoms with E-state index in [1.54, 1.807) is 24.3 Å². The van der Waals surface area contributed by atoms with Crippen LogP contribution in [-0.4, -0.2) is 33.0 Å². The Labute approximate surface area is 148 Å². The van der Waals surface area contributed by atoms with Gasteiger partial charge in [-0.3, -0.25) is 9.59 Å². The van der Waals surface area contributed by atoms with E-state index in [-0.39, 0.29) is 42.0 Å². The van der Waals surface area contributed by atoms with Crippen molar-refractivity contribution >= 4 is 29.1 Å². The first-order valence-corrected chi connectivity index (χ1v) is 7.70. The van der Waals surface area contributed by atoms with Crippen LogP contribution in [0.25, 0.3) is 0 Å². The lowest BCUT2D eigenvalue weighted by molar-refractivity contribution is -0.137. The number of hydrogen-bond acceptors (Lipinski definition) is 6. The summed E-state index contributed by atoms with van der Waals surface area (Å²) in [4.78, 5) is 33.3. The molecule has 2 aromatic carbocycles. The molecule has 2 rings (SSSR count). The quantitative estimate of drug-likeness (QED) is 0.484. The van der Waals surface area contributed by atoms with E-state index in [1.165, 1.54) is 18.2 Å². The number of rotatable bonds is 8. The zero-order valence-electron chi connectivity index (χ0n) is 13.6. The number of Topliss-reactive ketones (excluding diaryl/α,β-unsaturated/α-hetero) is 1. The molecule has 0 saturated heterocycles. The highest BCUT2D eigenvalue weighted by atomic mass is 16.4. The van der Waals surface area contributed by atoms with Gasteiger partial charge < -0.3 is 15.3 Å². The Morgan fingerprint density at radius 1 is 0.846 bits per heavy atom. The Balaban J connectivity index is 2.04. The molecular weight excluding hydrogens is 340 g/mol. The number of aromatic carboxylic acids is 1. The molecule has 8 nitrogen and oxygen atoms in total. The predicted octanol–water partition coefficient (Wildman–Crippen LogP) is 3.94. The van der Waals surface area contributed by atoms with Crippen LogP contribution in [0.5, 0.6) is 5.75 Å². The van der Waals surface area contributed by atoms with Gasteiger partial charge in [-0.1, -0.05) is 0 Å². The summed E-state index contributed by atoms with van der Waals surface area (Å²) < 4.78 is 0. The lowest BCUT2D eigenvalue weighted by atomic mass is 10.1. The Bertz CT molecular complexity index is 858. The maximum atomic E-state index is 11.9. The first-order valence-electron chi connectivity index (χ1n) is 7.70. The molecule has 8 heteroatoms. The zero-order valence-corrected chi connectivity index (χ0v) is 13.6. The van der Waals surface area contributed by atoms with Gasteiger partial charge in [0, 0.05) is 18.4 Å². The highest BCUT2D eigenvalue weighted by molar-refractivity contribution is 5.96. The van der Waals surface area contributed by atoms with Crippen molar-refractivity contribution < 1.29 is 29.7 Å². The molecule has 0 unspecified atom stereocenters. The third-order valence-electron chi connectivity index (χ3n) is 3.48. The van der Waals surface area contributed by atoms with Crippen LogP contribution in [0.2, 0.25) is 0 Å². The minimum Gasteiger partial charge on any atom is -0.507 e. The summed E-state index contributed by atoms with van der Waals surface area (Å²) in [6.07, 6.45) is 0.379. The molecule has 2 aromatic rings. The van der Waals surface area contributed by atoms with Gasteiger partial charge in [0.25, 0.3) is 0 Å². The molecule has 0 spiro atoms. The van der Waals surface area contributed by atoms with Crippen LogP contribution in [0.15, 0.2) is 52.7 Å². The summed E-state index contributed by atoms with van der Waals surface area (Å²) in [6, 6.07) is 10.1. The number of carbonyl (C=O) groups excluding carboxylic acids is 1. The minimum absolute atomic E-state index is 0.0526. The van der Waals surface area contributed by atoms with Crippen LogP contribution in [0.1, 0.15) is 40.0 Å². The van der Waals surface area contributed by atoms with E-state index in [0.29, 0.717) is 11.3 Å². The molecule has 0 amide bonds. The number of nitrogens with zero attached hydrogens (tertiary/aromatic N) is 2. The lowest BCUT2D eigenvalue weighted by Gasteiger charge is -2.01. The number of aliphatic carboxylic acids is 1. The summed E-state index contributed by atoms with van der Waals surface area (Å²) in [6.45, 7) is 0. The standard InChI is InChI=1S/C18H16N2O6/c21-15(2-1-3-17(23)24)11-4-6-12(7-5-11)19-20-13-8-9-16(22)14(10-13)18(25)26/h4-10,22H,1-3H2,(H,23,24)(H,25,26). The zero-order chi connectivity index (χ0) is 19.1. The Hall–Kier alpha value is -3.55. The van der Waals surface area contributed by atoms with Crippen molar-refractivity contribution in [2.45, 2.75) is 19.3 Å². The fraction of sp³-hybridized carbons (Fsp3) is 0.167. The fourth-order valence-corrected chi connectivity index (χ4v) is 2.13. The molecule has 0 atom stereocenters. The highest BCUT2D eigenvalue weighted by Crippen LogP contribution is 2.25. The van der Waals surface area contributed by atoms with Crippen LogP contribution < -0.4 is 0 Å². The second-order valence-corrected chi connectivity index (χ2v) is 5.42. The van der Waals surface area contributed by atoms with Crippen molar-refractivity contribution in [3.8, 4) is 5.75 Å². The van der Waals surface area contributed by atoms with Gasteiger partial charge in [0.05, 0.1) is 11.4 Å². The molecule has 3 N–H and O–H groups in total. The van der Waals surface area contributed by atoms with E-state index < -0.39 is 11.9 Å². The number of phenols is 1. The molecule has 0 heterocycles. The molecule has 134 valence electrons. The molecular formula is C18H16N2O6. The number of hydrogen-bond donors (Lipinski definition) is 3. The molecule has 0 radical (unpaired) electrons. The average Bonchev–Trinajstić information content (AvgIpc) is 2.60. The van der Waals surface area contributed by atoms with E-state index in [0.717, 1.165) is 0 Å². The molecule has 0 aliphatic rings. The first kappa shape index (κ1) is 18.8. The van der Waals surface area contributed by atoms with Gasteiger partial charge in [-0.25, -0.2) is 4.79 Å². The number of ketones is 1. The van der Waals surface area contributed by atoms with Gasteiger partial charge in [0.2, 0.25) is 0 Å². The average molecular weight is 356 g/mol. The maximum Gasteiger partial charge on any atom is 0.339 e. The lowest BCUT2D eigenvalue weighted by Crippen LogP contribution is -2.01. The van der Waals surface area contributed by atoms with Crippen molar-refractivity contribution in [3.05, 3.63) is 53.6 Å². The summed E-state index contributed by atoms with van der Waals surface area (Å²) in [5.74, 6) is -2.72. The smallest absolute Gasteiger partial charge is 0.339 e. The normalized spacial score (nSPS) is 10.8. The topological polar surface area (TPSA) is 137 Å². The molecule has 0 saturated carbocycles. The number of carboxylic acids is 2. The van der Waals surface area contributed by atoms with E-state index in [9.17, 15) is 19.5 Å². The van der Waals surface area contributed by atoms with Crippen LogP contribution in [-0.2, 0) is 4.79 Å². The van der Waals surface area contributed by atoms with Crippen LogP contribution in [0.4, 0.5) is 11.4 Å². The van der Waals surface area contributed by atoms with Crippen LogP contribution in [0.3, 0.4) is 0 Å². The summed E-state index contributed by atoms with van der Waals surface area (Å²) in [5, 5.41) is 34.8. The Kier molecular flexibility index (Phi) is 6.15. The monoisotopic (exact) mass is 356 g/mol. The second kappa shape index (κ2) is 8.52. The number of carbonyl (C=O) groups is 3. The van der Waals surface area contributed by atoms with Gasteiger partial charge in [0.15, 0.2) is 5.78 Å². The summed E-state index contributed by atoms with van der Waals surface area (Å²) >= 11 is 0. The minimum atomic E-state index is -1.27. The maximum absolute atomic E-state index is 11.9. The Morgan fingerprint density at radius 2 is 1.46 bits per heavy atom. The largest absolute Gasteiger partial charge is 0.507 e. The van der Waals surface area contributed by atoms with E-state index in [1.807, 2.05) is 0 Å². The molecule has 26 heavy (non-hydrogen) atoms. The highest BCUT2D eigenvalue weighted by Gasteiger charge is 2.10. The molecule has 0 bridgehead atoms. The van der Waals surface area contributed by atoms with Gasteiger partial charge in [0.1, 0.15) is 11.3 Å². The van der Waals surface area contributed by atoms with Crippen molar-refractivity contribution in [2.75, 3.05) is 0 Å². The van der Waals surface area contributed by atoms with E-state index in [2.05, 4.69) is 10.2 Å². The third kappa shape index (κ3) is 5.23. The van der Waals surface area contributed by atoms with Crippen molar-refractivity contribution in [3.63, 3.8) is 0 Å². The molecule has 0 aromatic heterocycles. The number of carboxylic acid groups (broad SMARTS) is 2. The van der Waals surface area contributed by atoms with Crippen LogP contribution in [0, 0.1) is 0 Å². The van der Waals surface area contributed by atoms with Gasteiger partial charge in [-0.15, -0.1) is 0 Å². The SMILES string of the molecule is O=C(O)CCCC(=O)c1ccc(N=Nc2ccc(O)c(C(=O)O)c2)cc1. The van der Waals surface area contributed by atoms with Crippen molar-refractivity contribution in [2.24, 2.45) is 10.2 Å². The number of benzene rings is 2. The molecule has 0 aliphatic heterocycles. The third-order valence-corrected chi connectivity index (χ3v) is 3.48. The molecule has 0 aliphatic carbocycles. The Morgan fingerprint density at radius 3 is 2.08 bits per heavy atom.